The van der Waals surface area contributed by atoms with Crippen molar-refractivity contribution in [3.63, 3.8) is 0 Å². The molecular weight excluding hydrogens is 347 g/mol. The molecule has 140 valence electrons. The molecule has 27 heavy (non-hydrogen) atoms. The number of carboxylic acids is 1. The monoisotopic (exact) mass is 368 g/mol. The average Bonchev–Trinajstić information content (AvgIpc) is 2.96. The summed E-state index contributed by atoms with van der Waals surface area (Å²) in [5.74, 6) is 0.446. The van der Waals surface area contributed by atoms with Gasteiger partial charge in [-0.2, -0.15) is 0 Å². The van der Waals surface area contributed by atoms with Crippen molar-refractivity contribution in [1.82, 2.24) is 19.7 Å². The number of pyridine rings is 1. The van der Waals surface area contributed by atoms with Crippen LogP contribution in [0, 0.1) is 19.7 Å². The van der Waals surface area contributed by atoms with Crippen LogP contribution in [0.15, 0.2) is 36.4 Å². The van der Waals surface area contributed by atoms with Gasteiger partial charge in [-0.3, -0.25) is 4.98 Å². The van der Waals surface area contributed by atoms with E-state index in [-0.39, 0.29) is 11.4 Å². The molecule has 0 saturated carbocycles. The third-order valence-electron chi connectivity index (χ3n) is 4.35. The number of rotatable bonds is 7. The van der Waals surface area contributed by atoms with Gasteiger partial charge in [0.15, 0.2) is 0 Å². The lowest BCUT2D eigenvalue weighted by Crippen LogP contribution is -2.08. The Morgan fingerprint density at radius 1 is 1.11 bits per heavy atom. The molecule has 2 aromatic heterocycles. The molecule has 0 spiro atoms. The molecular formula is C20H21FN4O2. The molecule has 3 aromatic rings. The smallest absolute Gasteiger partial charge is 0.335 e. The van der Waals surface area contributed by atoms with Crippen LogP contribution in [0.2, 0.25) is 0 Å². The summed E-state index contributed by atoms with van der Waals surface area (Å²) in [6.45, 7) is 4.26. The molecule has 0 aliphatic heterocycles. The molecule has 0 saturated heterocycles. The second kappa shape index (κ2) is 8.07. The molecule has 2 heterocycles. The summed E-state index contributed by atoms with van der Waals surface area (Å²) in [6.07, 6.45) is 2.13. The normalized spacial score (nSPS) is 10.9. The largest absolute Gasteiger partial charge is 0.478 e. The minimum atomic E-state index is -0.948. The van der Waals surface area contributed by atoms with Gasteiger partial charge in [0, 0.05) is 17.8 Å². The van der Waals surface area contributed by atoms with Gasteiger partial charge < -0.3 is 9.67 Å². The van der Waals surface area contributed by atoms with Crippen molar-refractivity contribution < 1.29 is 14.3 Å². The molecule has 0 unspecified atom stereocenters. The summed E-state index contributed by atoms with van der Waals surface area (Å²) < 4.78 is 15.1. The highest BCUT2D eigenvalue weighted by Gasteiger charge is 2.11. The Balaban J connectivity index is 1.67. The van der Waals surface area contributed by atoms with Crippen molar-refractivity contribution >= 4 is 5.97 Å². The molecule has 7 heteroatoms. The Morgan fingerprint density at radius 2 is 1.85 bits per heavy atom. The lowest BCUT2D eigenvalue weighted by atomic mass is 10.1. The molecule has 0 aliphatic carbocycles. The van der Waals surface area contributed by atoms with E-state index in [2.05, 4.69) is 15.2 Å². The fraction of sp³-hybridized carbons (Fsp3) is 0.300. The number of carboxylic acid groups (broad SMARTS) is 1. The van der Waals surface area contributed by atoms with E-state index in [1.807, 2.05) is 11.5 Å². The predicted molar refractivity (Wildman–Crippen MR) is 98.2 cm³/mol. The van der Waals surface area contributed by atoms with Gasteiger partial charge in [-0.25, -0.2) is 9.18 Å². The Morgan fingerprint density at radius 3 is 2.56 bits per heavy atom. The fourth-order valence-corrected chi connectivity index (χ4v) is 3.00. The zero-order valence-electron chi connectivity index (χ0n) is 15.3. The van der Waals surface area contributed by atoms with E-state index in [0.717, 1.165) is 29.3 Å². The topological polar surface area (TPSA) is 80.9 Å². The SMILES string of the molecule is Cc1cc(C(=O)O)cc(CCCc2nnc(C)n2Cc2ccc(F)cc2)n1. The van der Waals surface area contributed by atoms with Gasteiger partial charge in [0.1, 0.15) is 17.5 Å². The maximum absolute atomic E-state index is 13.1. The molecule has 1 N–H and O–H groups in total. The van der Waals surface area contributed by atoms with E-state index < -0.39 is 5.97 Å². The fourth-order valence-electron chi connectivity index (χ4n) is 3.00. The van der Waals surface area contributed by atoms with Crippen LogP contribution >= 0.6 is 0 Å². The molecule has 6 nitrogen and oxygen atoms in total. The molecule has 0 radical (unpaired) electrons. The van der Waals surface area contributed by atoms with Crippen molar-refractivity contribution in [2.75, 3.05) is 0 Å². The Kier molecular flexibility index (Phi) is 5.59. The van der Waals surface area contributed by atoms with Crippen LogP contribution in [0.3, 0.4) is 0 Å². The van der Waals surface area contributed by atoms with E-state index in [0.29, 0.717) is 25.1 Å². The summed E-state index contributed by atoms with van der Waals surface area (Å²) in [5, 5.41) is 17.6. The third-order valence-corrected chi connectivity index (χ3v) is 4.35. The van der Waals surface area contributed by atoms with E-state index in [1.165, 1.54) is 12.1 Å². The lowest BCUT2D eigenvalue weighted by Gasteiger charge is -2.09. The van der Waals surface area contributed by atoms with Crippen LogP contribution in [-0.4, -0.2) is 30.8 Å². The highest BCUT2D eigenvalue weighted by Crippen LogP contribution is 2.13. The number of carbonyl (C=O) groups is 1. The number of aromatic carboxylic acids is 1. The first-order chi connectivity index (χ1) is 12.9. The summed E-state index contributed by atoms with van der Waals surface area (Å²) in [7, 11) is 0. The quantitative estimate of drug-likeness (QED) is 0.692. The van der Waals surface area contributed by atoms with Crippen molar-refractivity contribution in [3.05, 3.63) is 76.4 Å². The van der Waals surface area contributed by atoms with E-state index in [1.54, 1.807) is 31.2 Å². The van der Waals surface area contributed by atoms with Crippen LogP contribution in [0.5, 0.6) is 0 Å². The van der Waals surface area contributed by atoms with Gasteiger partial charge in [0.05, 0.1) is 12.1 Å². The van der Waals surface area contributed by atoms with Crippen molar-refractivity contribution in [2.24, 2.45) is 0 Å². The Bertz CT molecular complexity index is 951. The molecule has 0 bridgehead atoms. The number of halogens is 1. The Labute approximate surface area is 156 Å². The maximum Gasteiger partial charge on any atom is 0.335 e. The molecule has 1 aromatic carbocycles. The molecule has 0 amide bonds. The van der Waals surface area contributed by atoms with Crippen LogP contribution in [-0.2, 0) is 19.4 Å². The number of benzene rings is 1. The van der Waals surface area contributed by atoms with Crippen molar-refractivity contribution in [2.45, 2.75) is 39.7 Å². The first kappa shape index (κ1) is 18.7. The second-order valence-electron chi connectivity index (χ2n) is 6.52. The van der Waals surface area contributed by atoms with Gasteiger partial charge in [-0.05, 0) is 56.5 Å². The van der Waals surface area contributed by atoms with E-state index in [9.17, 15) is 9.18 Å². The van der Waals surface area contributed by atoms with Crippen LogP contribution in [0.25, 0.3) is 0 Å². The third kappa shape index (κ3) is 4.75. The standard InChI is InChI=1S/C20H21FN4O2/c1-13-10-16(20(26)27)11-18(22-13)4-3-5-19-24-23-14(2)25(19)12-15-6-8-17(21)9-7-15/h6-11H,3-5,12H2,1-2H3,(H,26,27). The van der Waals surface area contributed by atoms with Crippen LogP contribution in [0.4, 0.5) is 4.39 Å². The van der Waals surface area contributed by atoms with Gasteiger partial charge in [-0.1, -0.05) is 12.1 Å². The molecule has 3 rings (SSSR count). The average molecular weight is 368 g/mol. The Hall–Kier alpha value is -3.09. The van der Waals surface area contributed by atoms with Gasteiger partial charge in [0.2, 0.25) is 0 Å². The first-order valence-corrected chi connectivity index (χ1v) is 8.76. The minimum Gasteiger partial charge on any atom is -0.478 e. The number of hydrogen-bond acceptors (Lipinski definition) is 4. The minimum absolute atomic E-state index is 0.257. The van der Waals surface area contributed by atoms with E-state index in [4.69, 9.17) is 5.11 Å². The summed E-state index contributed by atoms with van der Waals surface area (Å²) in [4.78, 5) is 15.6. The number of nitrogens with zero attached hydrogens (tertiary/aromatic N) is 4. The number of hydrogen-bond donors (Lipinski definition) is 1. The maximum atomic E-state index is 13.1. The molecule has 0 atom stereocenters. The molecule has 0 aliphatic rings. The zero-order valence-corrected chi connectivity index (χ0v) is 15.3. The van der Waals surface area contributed by atoms with E-state index >= 15 is 0 Å². The summed E-state index contributed by atoms with van der Waals surface area (Å²) in [6, 6.07) is 9.57. The summed E-state index contributed by atoms with van der Waals surface area (Å²) >= 11 is 0. The summed E-state index contributed by atoms with van der Waals surface area (Å²) in [5.41, 5.74) is 2.69. The van der Waals surface area contributed by atoms with Crippen molar-refractivity contribution in [3.8, 4) is 0 Å². The highest BCUT2D eigenvalue weighted by atomic mass is 19.1. The number of aromatic nitrogens is 4. The van der Waals surface area contributed by atoms with Gasteiger partial charge in [0.25, 0.3) is 0 Å². The van der Waals surface area contributed by atoms with Gasteiger partial charge >= 0.3 is 5.97 Å². The lowest BCUT2D eigenvalue weighted by molar-refractivity contribution is 0.0696. The van der Waals surface area contributed by atoms with Crippen LogP contribution < -0.4 is 0 Å². The van der Waals surface area contributed by atoms with Crippen LogP contribution in [0.1, 0.15) is 45.4 Å². The van der Waals surface area contributed by atoms with Gasteiger partial charge in [-0.15, -0.1) is 10.2 Å². The zero-order chi connectivity index (χ0) is 19.4. The molecule has 0 fully saturated rings. The predicted octanol–water partition coefficient (Wildman–Crippen LogP) is 3.35. The first-order valence-electron chi connectivity index (χ1n) is 8.76. The number of aryl methyl sites for hydroxylation is 4. The highest BCUT2D eigenvalue weighted by molar-refractivity contribution is 5.87. The second-order valence-corrected chi connectivity index (χ2v) is 6.52. The van der Waals surface area contributed by atoms with Crippen molar-refractivity contribution in [1.29, 1.82) is 0 Å².